The van der Waals surface area contributed by atoms with Gasteiger partial charge in [-0.05, 0) is 32.8 Å². The highest BCUT2D eigenvalue weighted by atomic mass is 16.5. The molecule has 3 heterocycles. The second-order valence-electron chi connectivity index (χ2n) is 6.85. The maximum atomic E-state index is 12.6. The SMILES string of the molecule is C=CCOC(=O)C1=C(c2cc(C)n(CCC)n2)C[C@@H]2[C@@H]([C@@H](C)O)C(=O)N12. The van der Waals surface area contributed by atoms with E-state index in [4.69, 9.17) is 4.74 Å². The third kappa shape index (κ3) is 2.86. The van der Waals surface area contributed by atoms with Gasteiger partial charge in [0.15, 0.2) is 0 Å². The van der Waals surface area contributed by atoms with E-state index in [1.165, 1.54) is 11.0 Å². The molecule has 1 N–H and O–H groups in total. The van der Waals surface area contributed by atoms with E-state index < -0.39 is 18.0 Å². The number of aryl methyl sites for hydroxylation is 2. The van der Waals surface area contributed by atoms with E-state index in [-0.39, 0.29) is 24.3 Å². The van der Waals surface area contributed by atoms with Gasteiger partial charge in [-0.3, -0.25) is 9.48 Å². The van der Waals surface area contributed by atoms with E-state index in [1.54, 1.807) is 6.92 Å². The number of esters is 1. The van der Waals surface area contributed by atoms with Crippen LogP contribution in [0.25, 0.3) is 5.57 Å². The highest BCUT2D eigenvalue weighted by molar-refractivity contribution is 6.06. The number of hydrogen-bond donors (Lipinski definition) is 1. The number of carbonyl (C=O) groups is 2. The van der Waals surface area contributed by atoms with Crippen LogP contribution in [0, 0.1) is 12.8 Å². The Morgan fingerprint density at radius 3 is 2.92 bits per heavy atom. The first-order valence-electron chi connectivity index (χ1n) is 8.97. The summed E-state index contributed by atoms with van der Waals surface area (Å²) in [6.07, 6.45) is 2.17. The molecule has 140 valence electrons. The number of aliphatic hydroxyl groups is 1. The minimum atomic E-state index is -0.757. The Kier molecular flexibility index (Phi) is 5.00. The number of aliphatic hydroxyl groups excluding tert-OH is 1. The topological polar surface area (TPSA) is 84.7 Å². The fourth-order valence-electron chi connectivity index (χ4n) is 3.79. The van der Waals surface area contributed by atoms with Crippen LogP contribution in [-0.4, -0.2) is 50.4 Å². The van der Waals surface area contributed by atoms with E-state index in [2.05, 4.69) is 18.6 Å². The predicted octanol–water partition coefficient (Wildman–Crippen LogP) is 1.65. The third-order valence-corrected chi connectivity index (χ3v) is 4.98. The van der Waals surface area contributed by atoms with Crippen LogP contribution in [0.4, 0.5) is 0 Å². The van der Waals surface area contributed by atoms with Crippen LogP contribution in [0.3, 0.4) is 0 Å². The summed E-state index contributed by atoms with van der Waals surface area (Å²) >= 11 is 0. The molecule has 0 spiro atoms. The average Bonchev–Trinajstić information content (AvgIpc) is 3.11. The maximum Gasteiger partial charge on any atom is 0.355 e. The number of nitrogens with zero attached hydrogens (tertiary/aromatic N) is 3. The van der Waals surface area contributed by atoms with Crippen LogP contribution in [0.2, 0.25) is 0 Å². The zero-order valence-corrected chi connectivity index (χ0v) is 15.4. The van der Waals surface area contributed by atoms with E-state index in [9.17, 15) is 14.7 Å². The molecule has 0 aliphatic carbocycles. The van der Waals surface area contributed by atoms with Gasteiger partial charge in [-0.15, -0.1) is 0 Å². The average molecular weight is 359 g/mol. The fourth-order valence-corrected chi connectivity index (χ4v) is 3.79. The van der Waals surface area contributed by atoms with Gasteiger partial charge in [0.25, 0.3) is 0 Å². The van der Waals surface area contributed by atoms with Crippen molar-refractivity contribution in [3.05, 3.63) is 35.8 Å². The first kappa shape index (κ1) is 18.4. The van der Waals surface area contributed by atoms with Crippen LogP contribution in [0.15, 0.2) is 24.4 Å². The lowest BCUT2D eigenvalue weighted by Gasteiger charge is -2.44. The van der Waals surface area contributed by atoms with E-state index >= 15 is 0 Å². The Morgan fingerprint density at radius 2 is 2.31 bits per heavy atom. The number of hydrogen-bond acceptors (Lipinski definition) is 5. The van der Waals surface area contributed by atoms with Crippen molar-refractivity contribution in [2.45, 2.75) is 52.3 Å². The van der Waals surface area contributed by atoms with Crippen LogP contribution in [0.5, 0.6) is 0 Å². The van der Waals surface area contributed by atoms with Gasteiger partial charge in [0.05, 0.1) is 23.8 Å². The zero-order chi connectivity index (χ0) is 19.0. The van der Waals surface area contributed by atoms with Gasteiger partial charge in [-0.2, -0.15) is 5.10 Å². The van der Waals surface area contributed by atoms with Crippen molar-refractivity contribution in [2.75, 3.05) is 6.61 Å². The summed E-state index contributed by atoms with van der Waals surface area (Å²) in [5.41, 5.74) is 2.65. The molecule has 2 aliphatic heterocycles. The van der Waals surface area contributed by atoms with Crippen molar-refractivity contribution in [1.82, 2.24) is 14.7 Å². The number of β-lactam (4-membered cyclic amide) rings is 1. The van der Waals surface area contributed by atoms with Crippen LogP contribution in [0.1, 0.15) is 38.1 Å². The minimum absolute atomic E-state index is 0.0748. The van der Waals surface area contributed by atoms with Crippen molar-refractivity contribution in [2.24, 2.45) is 5.92 Å². The molecule has 0 saturated carbocycles. The molecule has 0 bridgehead atoms. The molecule has 1 amide bonds. The Balaban J connectivity index is 2.00. The molecule has 2 aliphatic rings. The Labute approximate surface area is 152 Å². The molecule has 0 radical (unpaired) electrons. The third-order valence-electron chi connectivity index (χ3n) is 4.98. The molecule has 1 aromatic rings. The first-order valence-corrected chi connectivity index (χ1v) is 8.97. The molecule has 7 nitrogen and oxygen atoms in total. The quantitative estimate of drug-likeness (QED) is 0.455. The van der Waals surface area contributed by atoms with E-state index in [0.717, 1.165) is 18.7 Å². The Morgan fingerprint density at radius 1 is 1.58 bits per heavy atom. The standard InChI is InChI=1S/C19H25N3O4/c1-5-7-21-11(3)9-14(20-21)13-10-15-16(12(4)23)18(24)22(15)17(13)19(25)26-8-6-2/h6,9,12,15-16,23H,2,5,7-8,10H2,1,3-4H3/t12-,15-,16-/m1/s1. The summed E-state index contributed by atoms with van der Waals surface area (Å²) < 4.78 is 7.10. The smallest absolute Gasteiger partial charge is 0.355 e. The molecule has 0 unspecified atom stereocenters. The zero-order valence-electron chi connectivity index (χ0n) is 15.4. The molecule has 0 aromatic carbocycles. The summed E-state index contributed by atoms with van der Waals surface area (Å²) in [5.74, 6) is -1.29. The van der Waals surface area contributed by atoms with Gasteiger partial charge >= 0.3 is 5.97 Å². The normalized spacial score (nSPS) is 22.9. The van der Waals surface area contributed by atoms with Gasteiger partial charge in [0, 0.05) is 17.8 Å². The summed E-state index contributed by atoms with van der Waals surface area (Å²) in [5, 5.41) is 14.5. The molecular formula is C19H25N3O4. The summed E-state index contributed by atoms with van der Waals surface area (Å²) in [7, 11) is 0. The Hall–Kier alpha value is -2.41. The number of fused-ring (bicyclic) bond motifs is 1. The van der Waals surface area contributed by atoms with Gasteiger partial charge in [0.2, 0.25) is 5.91 Å². The molecule has 1 saturated heterocycles. The lowest BCUT2D eigenvalue weighted by Crippen LogP contribution is -2.61. The monoisotopic (exact) mass is 359 g/mol. The van der Waals surface area contributed by atoms with Gasteiger partial charge in [-0.25, -0.2) is 4.79 Å². The number of rotatable bonds is 7. The lowest BCUT2D eigenvalue weighted by molar-refractivity contribution is -0.162. The highest BCUT2D eigenvalue weighted by Crippen LogP contribution is 2.47. The molecule has 7 heteroatoms. The molecule has 1 fully saturated rings. The first-order chi connectivity index (χ1) is 12.4. The maximum absolute atomic E-state index is 12.6. The van der Waals surface area contributed by atoms with Crippen molar-refractivity contribution >= 4 is 17.4 Å². The second kappa shape index (κ2) is 7.07. The summed E-state index contributed by atoms with van der Waals surface area (Å²) in [6.45, 7) is 10.1. The summed E-state index contributed by atoms with van der Waals surface area (Å²) in [4.78, 5) is 26.6. The molecule has 26 heavy (non-hydrogen) atoms. The van der Waals surface area contributed by atoms with Crippen LogP contribution in [-0.2, 0) is 20.9 Å². The largest absolute Gasteiger partial charge is 0.457 e. The van der Waals surface area contributed by atoms with Crippen LogP contribution >= 0.6 is 0 Å². The molecular weight excluding hydrogens is 334 g/mol. The number of carbonyl (C=O) groups excluding carboxylic acids is 2. The molecule has 3 atom stereocenters. The predicted molar refractivity (Wildman–Crippen MR) is 95.8 cm³/mol. The van der Waals surface area contributed by atoms with Crippen molar-refractivity contribution < 1.29 is 19.4 Å². The summed E-state index contributed by atoms with van der Waals surface area (Å²) in [6, 6.07) is 1.71. The van der Waals surface area contributed by atoms with Gasteiger partial charge < -0.3 is 14.7 Å². The fraction of sp³-hybridized carbons (Fsp3) is 0.526. The van der Waals surface area contributed by atoms with Crippen LogP contribution < -0.4 is 0 Å². The number of aromatic nitrogens is 2. The van der Waals surface area contributed by atoms with E-state index in [0.29, 0.717) is 17.7 Å². The van der Waals surface area contributed by atoms with E-state index in [1.807, 2.05) is 17.7 Å². The number of ether oxygens (including phenoxy) is 1. The van der Waals surface area contributed by atoms with Crippen molar-refractivity contribution in [3.8, 4) is 0 Å². The lowest BCUT2D eigenvalue weighted by atomic mass is 9.83. The molecule has 3 rings (SSSR count). The minimum Gasteiger partial charge on any atom is -0.457 e. The van der Waals surface area contributed by atoms with Crippen molar-refractivity contribution in [1.29, 1.82) is 0 Å². The van der Waals surface area contributed by atoms with Gasteiger partial charge in [0.1, 0.15) is 12.3 Å². The Bertz CT molecular complexity index is 778. The highest BCUT2D eigenvalue weighted by Gasteiger charge is 2.57. The molecule has 1 aromatic heterocycles. The number of amides is 1. The van der Waals surface area contributed by atoms with Gasteiger partial charge in [-0.1, -0.05) is 19.6 Å². The van der Waals surface area contributed by atoms with Crippen molar-refractivity contribution in [3.63, 3.8) is 0 Å². The second-order valence-corrected chi connectivity index (χ2v) is 6.85.